The first-order valence-electron chi connectivity index (χ1n) is 5.68. The number of ether oxygens (including phenoxy) is 2. The molecule has 80 valence electrons. The van der Waals surface area contributed by atoms with Crippen molar-refractivity contribution in [2.45, 2.75) is 57.9 Å². The van der Waals surface area contributed by atoms with Gasteiger partial charge in [-0.15, -0.1) is 0 Å². The molecule has 2 fully saturated rings. The zero-order valence-corrected chi connectivity index (χ0v) is 10.1. The largest absolute Gasteiger partial charge is 0.375 e. The van der Waals surface area contributed by atoms with Crippen LogP contribution in [0.25, 0.3) is 0 Å². The molecule has 2 nitrogen and oxygen atoms in total. The summed E-state index contributed by atoms with van der Waals surface area (Å²) < 4.78 is 12.3. The smallest absolute Gasteiger partial charge is 0.142 e. The predicted molar refractivity (Wildman–Crippen MR) is 59.1 cm³/mol. The van der Waals surface area contributed by atoms with Crippen molar-refractivity contribution >= 4 is 7.85 Å². The van der Waals surface area contributed by atoms with Gasteiger partial charge in [-0.25, -0.2) is 0 Å². The molecule has 14 heavy (non-hydrogen) atoms. The second-order valence-corrected chi connectivity index (χ2v) is 5.65. The molecule has 0 aromatic rings. The Labute approximate surface area is 87.8 Å². The van der Waals surface area contributed by atoms with Gasteiger partial charge in [-0.2, -0.15) is 0 Å². The third kappa shape index (κ3) is 0.952. The number of hydrogen-bond donors (Lipinski definition) is 0. The molecule has 2 unspecified atom stereocenters. The Hall–Kier alpha value is -0.0151. The molecule has 0 amide bonds. The summed E-state index contributed by atoms with van der Waals surface area (Å²) in [6.07, 6.45) is 0.285. The van der Waals surface area contributed by atoms with Crippen LogP contribution in [0.5, 0.6) is 0 Å². The average Bonchev–Trinajstić information content (AvgIpc) is 2.38. The van der Waals surface area contributed by atoms with Gasteiger partial charge < -0.3 is 9.47 Å². The normalized spacial score (nSPS) is 50.3. The van der Waals surface area contributed by atoms with E-state index in [0.717, 1.165) is 0 Å². The van der Waals surface area contributed by atoms with Crippen molar-refractivity contribution in [3.8, 4) is 0 Å². The van der Waals surface area contributed by atoms with E-state index in [0.29, 0.717) is 11.8 Å². The third-order valence-corrected chi connectivity index (χ3v) is 4.24. The van der Waals surface area contributed by atoms with Gasteiger partial charge in [-0.05, 0) is 19.8 Å². The summed E-state index contributed by atoms with van der Waals surface area (Å²) in [6, 6.07) is 0.250. The number of hydrogen-bond acceptors (Lipinski definition) is 2. The lowest BCUT2D eigenvalue weighted by molar-refractivity contribution is -0.221. The van der Waals surface area contributed by atoms with Gasteiger partial charge in [0, 0.05) is 5.92 Å². The first kappa shape index (κ1) is 10.5. The lowest BCUT2D eigenvalue weighted by Gasteiger charge is -2.46. The van der Waals surface area contributed by atoms with Gasteiger partial charge in [0.1, 0.15) is 13.4 Å². The minimum Gasteiger partial charge on any atom is -0.375 e. The fraction of sp³-hybridized carbons (Fsp3) is 1.00. The highest BCUT2D eigenvalue weighted by molar-refractivity contribution is 6.11. The minimum absolute atomic E-state index is 0.0862. The maximum Gasteiger partial charge on any atom is 0.142 e. The van der Waals surface area contributed by atoms with Crippen molar-refractivity contribution in [1.29, 1.82) is 0 Å². The Balaban J connectivity index is 2.43. The molecule has 2 aliphatic heterocycles. The minimum atomic E-state index is -0.141. The zero-order valence-electron chi connectivity index (χ0n) is 10.1. The molecule has 0 aliphatic carbocycles. The number of fused-ring (bicyclic) bond motifs is 2. The first-order valence-corrected chi connectivity index (χ1v) is 5.68. The third-order valence-electron chi connectivity index (χ3n) is 4.24. The molecule has 3 heteroatoms. The first-order chi connectivity index (χ1) is 6.33. The molecular formula is C11H21BO2. The van der Waals surface area contributed by atoms with Crippen LogP contribution in [0.2, 0.25) is 0 Å². The Morgan fingerprint density at radius 1 is 1.21 bits per heavy atom. The molecule has 0 aromatic heterocycles. The van der Waals surface area contributed by atoms with Crippen LogP contribution < -0.4 is 0 Å². The topological polar surface area (TPSA) is 18.5 Å². The van der Waals surface area contributed by atoms with Crippen molar-refractivity contribution in [3.63, 3.8) is 0 Å². The Bertz CT molecular complexity index is 252. The molecule has 0 aromatic carbocycles. The van der Waals surface area contributed by atoms with E-state index < -0.39 is 0 Å². The summed E-state index contributed by atoms with van der Waals surface area (Å²) in [6.45, 7) is 11.1. The van der Waals surface area contributed by atoms with Crippen LogP contribution in [0.1, 0.15) is 34.6 Å². The molecule has 4 atom stereocenters. The fourth-order valence-corrected chi connectivity index (χ4v) is 3.81. The molecule has 0 saturated carbocycles. The van der Waals surface area contributed by atoms with Gasteiger partial charge >= 0.3 is 0 Å². The standard InChI is InChI=1S/C11H21BO2/c1-6(2)11-7(3)8(9(12)14-11)13-10(11,4)5/h6-9H,12H2,1-5H3/t7?,8?,9-,11+/m1/s1. The second-order valence-electron chi connectivity index (χ2n) is 5.65. The van der Waals surface area contributed by atoms with Crippen molar-refractivity contribution in [1.82, 2.24) is 0 Å². The van der Waals surface area contributed by atoms with Crippen LogP contribution in [0.15, 0.2) is 0 Å². The van der Waals surface area contributed by atoms with Gasteiger partial charge in [-0.3, -0.25) is 0 Å². The summed E-state index contributed by atoms with van der Waals surface area (Å²) in [5, 5.41) is 0. The highest BCUT2D eigenvalue weighted by Crippen LogP contribution is 2.56. The Morgan fingerprint density at radius 2 is 1.79 bits per heavy atom. The van der Waals surface area contributed by atoms with E-state index in [1.807, 2.05) is 0 Å². The molecule has 0 radical (unpaired) electrons. The van der Waals surface area contributed by atoms with Crippen molar-refractivity contribution < 1.29 is 9.47 Å². The highest BCUT2D eigenvalue weighted by Gasteiger charge is 2.68. The van der Waals surface area contributed by atoms with Crippen molar-refractivity contribution in [3.05, 3.63) is 0 Å². The lowest BCUT2D eigenvalue weighted by Crippen LogP contribution is -2.56. The van der Waals surface area contributed by atoms with Crippen LogP contribution in [0, 0.1) is 11.8 Å². The monoisotopic (exact) mass is 196 g/mol. The maximum absolute atomic E-state index is 6.21. The molecule has 2 heterocycles. The van der Waals surface area contributed by atoms with E-state index in [9.17, 15) is 0 Å². The van der Waals surface area contributed by atoms with Crippen molar-refractivity contribution in [2.75, 3.05) is 0 Å². The highest BCUT2D eigenvalue weighted by atomic mass is 16.6. The second kappa shape index (κ2) is 2.76. The number of rotatable bonds is 1. The summed E-state index contributed by atoms with van der Waals surface area (Å²) in [7, 11) is 2.13. The van der Waals surface area contributed by atoms with Crippen LogP contribution in [-0.2, 0) is 9.47 Å². The molecule has 2 rings (SSSR count). The van der Waals surface area contributed by atoms with Gasteiger partial charge in [0.25, 0.3) is 0 Å². The summed E-state index contributed by atoms with van der Waals surface area (Å²) in [5.74, 6) is 1.01. The molecule has 2 saturated heterocycles. The molecule has 2 aliphatic rings. The predicted octanol–water partition coefficient (Wildman–Crippen LogP) is 1.18. The fourth-order valence-electron chi connectivity index (χ4n) is 3.81. The van der Waals surface area contributed by atoms with E-state index in [1.54, 1.807) is 0 Å². The zero-order chi connectivity index (χ0) is 10.7. The average molecular weight is 196 g/mol. The van der Waals surface area contributed by atoms with Gasteiger partial charge in [0.15, 0.2) is 0 Å². The van der Waals surface area contributed by atoms with Crippen molar-refractivity contribution in [2.24, 2.45) is 11.8 Å². The molecule has 0 spiro atoms. The molecule has 0 N–H and O–H groups in total. The van der Waals surface area contributed by atoms with E-state index in [-0.39, 0.29) is 23.3 Å². The summed E-state index contributed by atoms with van der Waals surface area (Å²) in [5.41, 5.74) is -0.227. The van der Waals surface area contributed by atoms with Crippen LogP contribution in [-0.4, -0.2) is 31.2 Å². The Kier molecular flexibility index (Phi) is 2.07. The lowest BCUT2D eigenvalue weighted by atomic mass is 9.71. The van der Waals surface area contributed by atoms with E-state index >= 15 is 0 Å². The Morgan fingerprint density at radius 3 is 2.07 bits per heavy atom. The van der Waals surface area contributed by atoms with Gasteiger partial charge in [0.05, 0.1) is 17.7 Å². The van der Waals surface area contributed by atoms with E-state index in [1.165, 1.54) is 0 Å². The van der Waals surface area contributed by atoms with Gasteiger partial charge in [0.2, 0.25) is 0 Å². The summed E-state index contributed by atoms with van der Waals surface area (Å²) >= 11 is 0. The van der Waals surface area contributed by atoms with Crippen LogP contribution in [0.3, 0.4) is 0 Å². The maximum atomic E-state index is 6.21. The van der Waals surface area contributed by atoms with Gasteiger partial charge in [-0.1, -0.05) is 20.8 Å². The molecular weight excluding hydrogens is 175 g/mol. The quantitative estimate of drug-likeness (QED) is 0.586. The SMILES string of the molecule is B[C@@H]1O[C@@]2(C(C)C)C(C)C1OC2(C)C. The molecule has 2 bridgehead atoms. The van der Waals surface area contributed by atoms with E-state index in [2.05, 4.69) is 42.5 Å². The van der Waals surface area contributed by atoms with Crippen LogP contribution in [0.4, 0.5) is 0 Å². The summed E-state index contributed by atoms with van der Waals surface area (Å²) in [4.78, 5) is 0. The van der Waals surface area contributed by atoms with E-state index in [4.69, 9.17) is 9.47 Å². The van der Waals surface area contributed by atoms with Crippen LogP contribution >= 0.6 is 0 Å².